The lowest BCUT2D eigenvalue weighted by molar-refractivity contribution is 0.0633. The fourth-order valence-corrected chi connectivity index (χ4v) is 1.42. The van der Waals surface area contributed by atoms with E-state index in [9.17, 15) is 0 Å². The van der Waals surface area contributed by atoms with Crippen molar-refractivity contribution >= 4 is 0 Å². The van der Waals surface area contributed by atoms with E-state index in [1.165, 1.54) is 0 Å². The van der Waals surface area contributed by atoms with Crippen LogP contribution in [0.5, 0.6) is 5.75 Å². The number of hydrogen-bond acceptors (Lipinski definition) is 4. The summed E-state index contributed by atoms with van der Waals surface area (Å²) in [5.74, 6) is 0.797. The highest BCUT2D eigenvalue weighted by Crippen LogP contribution is 2.23. The molecule has 0 aliphatic carbocycles. The first-order chi connectivity index (χ1) is 7.79. The largest absolute Gasteiger partial charge is 0.496 e. The number of rotatable bonds is 7. The van der Waals surface area contributed by atoms with Gasteiger partial charge in [0.05, 0.1) is 33.0 Å². The minimum Gasteiger partial charge on any atom is -0.496 e. The molecule has 1 atom stereocenters. The quantitative estimate of drug-likeness (QED) is 0.712. The average molecular weight is 225 g/mol. The first-order valence-corrected chi connectivity index (χ1v) is 5.24. The van der Waals surface area contributed by atoms with E-state index in [1.54, 1.807) is 14.2 Å². The first-order valence-electron chi connectivity index (χ1n) is 5.24. The molecule has 0 aliphatic rings. The number of methoxy groups -OCH3 is 2. The van der Waals surface area contributed by atoms with Gasteiger partial charge in [0.25, 0.3) is 0 Å². The Morgan fingerprint density at radius 2 is 1.94 bits per heavy atom. The lowest BCUT2D eigenvalue weighted by Crippen LogP contribution is -2.19. The van der Waals surface area contributed by atoms with Gasteiger partial charge in [0.1, 0.15) is 5.75 Å². The van der Waals surface area contributed by atoms with E-state index in [0.29, 0.717) is 19.8 Å². The van der Waals surface area contributed by atoms with Gasteiger partial charge < -0.3 is 19.9 Å². The Labute approximate surface area is 96.3 Å². The van der Waals surface area contributed by atoms with Crippen LogP contribution >= 0.6 is 0 Å². The van der Waals surface area contributed by atoms with Crippen molar-refractivity contribution in [2.24, 2.45) is 5.73 Å². The van der Waals surface area contributed by atoms with Gasteiger partial charge in [0, 0.05) is 12.7 Å². The fourth-order valence-electron chi connectivity index (χ4n) is 1.42. The van der Waals surface area contributed by atoms with Crippen LogP contribution in [0, 0.1) is 0 Å². The van der Waals surface area contributed by atoms with Crippen LogP contribution in [0.3, 0.4) is 0 Å². The summed E-state index contributed by atoms with van der Waals surface area (Å²) in [6.45, 7) is 1.60. The summed E-state index contributed by atoms with van der Waals surface area (Å²) < 4.78 is 15.5. The van der Waals surface area contributed by atoms with E-state index in [4.69, 9.17) is 19.9 Å². The minimum absolute atomic E-state index is 0.173. The third-order valence-corrected chi connectivity index (χ3v) is 2.27. The number of benzene rings is 1. The standard InChI is InChI=1S/C12H19NO3/c1-14-7-8-16-9-11(13)10-5-3-4-6-12(10)15-2/h3-6,11H,7-9,13H2,1-2H3. The minimum atomic E-state index is -0.173. The van der Waals surface area contributed by atoms with Crippen LogP contribution in [0.1, 0.15) is 11.6 Å². The molecule has 0 heterocycles. The van der Waals surface area contributed by atoms with Gasteiger partial charge in [-0.1, -0.05) is 18.2 Å². The van der Waals surface area contributed by atoms with Crippen molar-refractivity contribution in [2.45, 2.75) is 6.04 Å². The molecule has 4 heteroatoms. The van der Waals surface area contributed by atoms with Gasteiger partial charge in [0.15, 0.2) is 0 Å². The molecule has 0 bridgehead atoms. The molecule has 0 spiro atoms. The zero-order valence-electron chi connectivity index (χ0n) is 9.81. The lowest BCUT2D eigenvalue weighted by Gasteiger charge is -2.15. The number of nitrogens with two attached hydrogens (primary N) is 1. The molecule has 1 rings (SSSR count). The zero-order valence-corrected chi connectivity index (χ0v) is 9.81. The van der Waals surface area contributed by atoms with Gasteiger partial charge in [-0.05, 0) is 6.07 Å². The van der Waals surface area contributed by atoms with Crippen LogP contribution in [-0.4, -0.2) is 34.0 Å². The predicted octanol–water partition coefficient (Wildman–Crippen LogP) is 1.36. The van der Waals surface area contributed by atoms with Crippen molar-refractivity contribution in [3.8, 4) is 5.75 Å². The first kappa shape index (κ1) is 13.0. The predicted molar refractivity (Wildman–Crippen MR) is 62.6 cm³/mol. The maximum absolute atomic E-state index is 6.01. The van der Waals surface area contributed by atoms with E-state index in [1.807, 2.05) is 24.3 Å². The van der Waals surface area contributed by atoms with Crippen LogP contribution in [0.4, 0.5) is 0 Å². The van der Waals surface area contributed by atoms with Gasteiger partial charge >= 0.3 is 0 Å². The third-order valence-electron chi connectivity index (χ3n) is 2.27. The average Bonchev–Trinajstić information content (AvgIpc) is 2.34. The second kappa shape index (κ2) is 7.22. The number of hydrogen-bond donors (Lipinski definition) is 1. The van der Waals surface area contributed by atoms with Crippen molar-refractivity contribution in [2.75, 3.05) is 34.0 Å². The van der Waals surface area contributed by atoms with Crippen LogP contribution in [-0.2, 0) is 9.47 Å². The maximum atomic E-state index is 6.01. The van der Waals surface area contributed by atoms with Crippen LogP contribution < -0.4 is 10.5 Å². The highest BCUT2D eigenvalue weighted by atomic mass is 16.5. The smallest absolute Gasteiger partial charge is 0.123 e. The molecule has 90 valence electrons. The Morgan fingerprint density at radius 1 is 1.19 bits per heavy atom. The van der Waals surface area contributed by atoms with Gasteiger partial charge in [-0.25, -0.2) is 0 Å². The Kier molecular flexibility index (Phi) is 5.85. The fraction of sp³-hybridized carbons (Fsp3) is 0.500. The molecule has 0 aromatic heterocycles. The molecule has 0 aliphatic heterocycles. The third kappa shape index (κ3) is 3.81. The lowest BCUT2D eigenvalue weighted by atomic mass is 10.1. The monoisotopic (exact) mass is 225 g/mol. The molecule has 4 nitrogen and oxygen atoms in total. The second-order valence-corrected chi connectivity index (χ2v) is 3.42. The Bertz CT molecular complexity index is 304. The Balaban J connectivity index is 2.48. The molecule has 1 aromatic carbocycles. The summed E-state index contributed by atoms with van der Waals surface area (Å²) in [5, 5.41) is 0. The van der Waals surface area contributed by atoms with E-state index in [2.05, 4.69) is 0 Å². The van der Waals surface area contributed by atoms with Gasteiger partial charge in [-0.3, -0.25) is 0 Å². The molecule has 0 saturated heterocycles. The highest BCUT2D eigenvalue weighted by molar-refractivity contribution is 5.35. The summed E-state index contributed by atoms with van der Waals surface area (Å²) in [6, 6.07) is 7.52. The van der Waals surface area contributed by atoms with Crippen molar-refractivity contribution in [1.82, 2.24) is 0 Å². The summed E-state index contributed by atoms with van der Waals surface area (Å²) in [4.78, 5) is 0. The Morgan fingerprint density at radius 3 is 2.62 bits per heavy atom. The highest BCUT2D eigenvalue weighted by Gasteiger charge is 2.10. The topological polar surface area (TPSA) is 53.7 Å². The summed E-state index contributed by atoms with van der Waals surface area (Å²) in [5.41, 5.74) is 6.97. The van der Waals surface area contributed by atoms with Crippen molar-refractivity contribution in [3.63, 3.8) is 0 Å². The molecular weight excluding hydrogens is 206 g/mol. The molecule has 1 aromatic rings. The normalized spacial score (nSPS) is 12.4. The number of ether oxygens (including phenoxy) is 3. The summed E-state index contributed by atoms with van der Waals surface area (Å²) in [6.07, 6.45) is 0. The summed E-state index contributed by atoms with van der Waals surface area (Å²) >= 11 is 0. The SMILES string of the molecule is COCCOCC(N)c1ccccc1OC. The molecular formula is C12H19NO3. The number of para-hydroxylation sites is 1. The van der Waals surface area contributed by atoms with Crippen LogP contribution in [0.15, 0.2) is 24.3 Å². The van der Waals surface area contributed by atoms with Gasteiger partial charge in [-0.2, -0.15) is 0 Å². The molecule has 0 radical (unpaired) electrons. The van der Waals surface area contributed by atoms with Crippen molar-refractivity contribution in [3.05, 3.63) is 29.8 Å². The Hall–Kier alpha value is -1.10. The van der Waals surface area contributed by atoms with Crippen molar-refractivity contribution in [1.29, 1.82) is 0 Å². The molecule has 16 heavy (non-hydrogen) atoms. The van der Waals surface area contributed by atoms with Gasteiger partial charge in [0.2, 0.25) is 0 Å². The molecule has 0 saturated carbocycles. The van der Waals surface area contributed by atoms with Crippen molar-refractivity contribution < 1.29 is 14.2 Å². The molecule has 0 amide bonds. The second-order valence-electron chi connectivity index (χ2n) is 3.42. The molecule has 0 fully saturated rings. The van der Waals surface area contributed by atoms with Crippen LogP contribution in [0.2, 0.25) is 0 Å². The van der Waals surface area contributed by atoms with E-state index in [0.717, 1.165) is 11.3 Å². The van der Waals surface area contributed by atoms with E-state index >= 15 is 0 Å². The molecule has 2 N–H and O–H groups in total. The van der Waals surface area contributed by atoms with Crippen LogP contribution in [0.25, 0.3) is 0 Å². The van der Waals surface area contributed by atoms with Gasteiger partial charge in [-0.15, -0.1) is 0 Å². The maximum Gasteiger partial charge on any atom is 0.123 e. The molecule has 1 unspecified atom stereocenters. The zero-order chi connectivity index (χ0) is 11.8. The van der Waals surface area contributed by atoms with E-state index in [-0.39, 0.29) is 6.04 Å². The van der Waals surface area contributed by atoms with E-state index < -0.39 is 0 Å². The summed E-state index contributed by atoms with van der Waals surface area (Å²) in [7, 11) is 3.28.